The Hall–Kier alpha value is -2.23. The van der Waals surface area contributed by atoms with Gasteiger partial charge in [0.05, 0.1) is 13.2 Å². The Bertz CT molecular complexity index is 1190. The van der Waals surface area contributed by atoms with Crippen LogP contribution in [0.4, 0.5) is 0 Å². The minimum Gasteiger partial charge on any atom is -0.341 e. The van der Waals surface area contributed by atoms with E-state index in [1.165, 1.54) is 0 Å². The van der Waals surface area contributed by atoms with E-state index in [4.69, 9.17) is 32.7 Å². The van der Waals surface area contributed by atoms with Crippen molar-refractivity contribution in [2.24, 2.45) is 0 Å². The summed E-state index contributed by atoms with van der Waals surface area (Å²) in [5.74, 6) is 0. The quantitative estimate of drug-likeness (QED) is 0.258. The Balaban J connectivity index is 1.19. The van der Waals surface area contributed by atoms with Gasteiger partial charge in [-0.1, -0.05) is 105 Å². The Kier molecular flexibility index (Phi) is 9.19. The van der Waals surface area contributed by atoms with Gasteiger partial charge in [-0.3, -0.25) is 0 Å². The molecule has 8 nitrogen and oxygen atoms in total. The molecule has 0 N–H and O–H groups in total. The number of rotatable bonds is 11. The minimum absolute atomic E-state index is 0.269. The Morgan fingerprint density at radius 3 is 1.80 bits per heavy atom. The predicted molar refractivity (Wildman–Crippen MR) is 150 cm³/mol. The van der Waals surface area contributed by atoms with Crippen LogP contribution in [-0.2, 0) is 39.3 Å². The monoisotopic (exact) mass is 565 g/mol. The third kappa shape index (κ3) is 6.16. The SMILES string of the molecule is CCN(CC)P(OCc1ccccc1)OC[C@H]1O[C@@H]2OC(c3ccccc3)O[C@@H]2[C@H]2OC(c3ccccc3)O[C@H]21. The Morgan fingerprint density at radius 1 is 0.625 bits per heavy atom. The lowest BCUT2D eigenvalue weighted by molar-refractivity contribution is -0.229. The predicted octanol–water partition coefficient (Wildman–Crippen LogP) is 6.11. The highest BCUT2D eigenvalue weighted by Crippen LogP contribution is 2.48. The van der Waals surface area contributed by atoms with E-state index < -0.39 is 45.7 Å². The highest BCUT2D eigenvalue weighted by Gasteiger charge is 2.58. The van der Waals surface area contributed by atoms with Crippen LogP contribution in [0.15, 0.2) is 91.0 Å². The summed E-state index contributed by atoms with van der Waals surface area (Å²) in [5, 5.41) is 0. The van der Waals surface area contributed by atoms with Crippen LogP contribution in [-0.4, -0.2) is 55.1 Å². The maximum Gasteiger partial charge on any atom is 0.259 e. The number of benzene rings is 3. The van der Waals surface area contributed by atoms with E-state index in [1.54, 1.807) is 0 Å². The number of nitrogens with zero attached hydrogens (tertiary/aromatic N) is 1. The zero-order valence-corrected chi connectivity index (χ0v) is 23.7. The first-order chi connectivity index (χ1) is 19.7. The van der Waals surface area contributed by atoms with Crippen LogP contribution in [0.3, 0.4) is 0 Å². The van der Waals surface area contributed by atoms with Gasteiger partial charge in [-0.15, -0.1) is 0 Å². The van der Waals surface area contributed by atoms with Crippen molar-refractivity contribution in [2.75, 3.05) is 19.7 Å². The van der Waals surface area contributed by atoms with Gasteiger partial charge in [0.1, 0.15) is 24.4 Å². The Morgan fingerprint density at radius 2 is 1.18 bits per heavy atom. The largest absolute Gasteiger partial charge is 0.341 e. The molecule has 3 heterocycles. The molecule has 9 heteroatoms. The lowest BCUT2D eigenvalue weighted by Gasteiger charge is -2.38. The smallest absolute Gasteiger partial charge is 0.259 e. The molecule has 8 atom stereocenters. The summed E-state index contributed by atoms with van der Waals surface area (Å²) in [7, 11) is -1.32. The molecular weight excluding hydrogens is 529 g/mol. The summed E-state index contributed by atoms with van der Waals surface area (Å²) in [6, 6.07) is 29.9. The van der Waals surface area contributed by atoms with Gasteiger partial charge >= 0.3 is 0 Å². The molecule has 3 aromatic rings. The van der Waals surface area contributed by atoms with Crippen LogP contribution >= 0.6 is 8.53 Å². The average molecular weight is 566 g/mol. The van der Waals surface area contributed by atoms with Gasteiger partial charge in [-0.05, 0) is 5.56 Å². The Labute approximate surface area is 237 Å². The van der Waals surface area contributed by atoms with Crippen molar-refractivity contribution < 1.29 is 32.7 Å². The fourth-order valence-electron chi connectivity index (χ4n) is 5.23. The first-order valence-corrected chi connectivity index (χ1v) is 15.1. The van der Waals surface area contributed by atoms with E-state index in [9.17, 15) is 0 Å². The zero-order valence-electron chi connectivity index (χ0n) is 22.8. The lowest BCUT2D eigenvalue weighted by atomic mass is 9.99. The topological polar surface area (TPSA) is 67.9 Å². The van der Waals surface area contributed by atoms with Crippen molar-refractivity contribution in [3.05, 3.63) is 108 Å². The van der Waals surface area contributed by atoms with Crippen LogP contribution in [0.5, 0.6) is 0 Å². The number of ether oxygens (including phenoxy) is 5. The van der Waals surface area contributed by atoms with Gasteiger partial charge in [0, 0.05) is 24.2 Å². The molecule has 3 saturated heterocycles. The first kappa shape index (κ1) is 27.9. The molecule has 3 fully saturated rings. The van der Waals surface area contributed by atoms with E-state index in [0.717, 1.165) is 29.8 Å². The van der Waals surface area contributed by atoms with Crippen LogP contribution in [0.25, 0.3) is 0 Å². The molecule has 6 rings (SSSR count). The zero-order chi connectivity index (χ0) is 27.3. The molecular formula is C31H36NO7P. The van der Waals surface area contributed by atoms with Crippen molar-refractivity contribution in [3.8, 4) is 0 Å². The number of hydrogen-bond acceptors (Lipinski definition) is 8. The van der Waals surface area contributed by atoms with Gasteiger partial charge in [0.25, 0.3) is 8.53 Å². The van der Waals surface area contributed by atoms with Crippen molar-refractivity contribution in [1.29, 1.82) is 0 Å². The van der Waals surface area contributed by atoms with E-state index in [0.29, 0.717) is 6.61 Å². The summed E-state index contributed by atoms with van der Waals surface area (Å²) in [5.41, 5.74) is 2.98. The summed E-state index contributed by atoms with van der Waals surface area (Å²) in [4.78, 5) is 0. The molecule has 40 heavy (non-hydrogen) atoms. The average Bonchev–Trinajstić information content (AvgIpc) is 3.65. The van der Waals surface area contributed by atoms with E-state index in [-0.39, 0.29) is 12.7 Å². The second-order valence-corrected chi connectivity index (χ2v) is 11.5. The maximum absolute atomic E-state index is 6.48. The molecule has 3 aliphatic heterocycles. The summed E-state index contributed by atoms with van der Waals surface area (Å²) in [6.07, 6.45) is -3.32. The molecule has 0 bridgehead atoms. The van der Waals surface area contributed by atoms with Gasteiger partial charge in [0.2, 0.25) is 0 Å². The van der Waals surface area contributed by atoms with E-state index in [2.05, 4.69) is 30.7 Å². The van der Waals surface area contributed by atoms with Crippen LogP contribution < -0.4 is 0 Å². The minimum atomic E-state index is -1.32. The van der Waals surface area contributed by atoms with Gasteiger partial charge in [-0.2, -0.15) is 0 Å². The van der Waals surface area contributed by atoms with Crippen molar-refractivity contribution in [1.82, 2.24) is 4.67 Å². The summed E-state index contributed by atoms with van der Waals surface area (Å²) >= 11 is 0. The van der Waals surface area contributed by atoms with Gasteiger partial charge in [0.15, 0.2) is 18.9 Å². The van der Waals surface area contributed by atoms with Crippen molar-refractivity contribution >= 4 is 8.53 Å². The number of hydrogen-bond donors (Lipinski definition) is 0. The maximum atomic E-state index is 6.48. The van der Waals surface area contributed by atoms with Crippen LogP contribution in [0.1, 0.15) is 43.1 Å². The van der Waals surface area contributed by atoms with E-state index >= 15 is 0 Å². The standard InChI is InChI=1S/C31H36NO7P/c1-3-32(4-2)40(33-20-22-14-8-5-9-15-22)34-21-25-26-27(37-29(36-26)23-16-10-6-11-17-23)28-31(35-25)39-30(38-28)24-18-12-7-13-19-24/h5-19,25-31H,3-4,20-21H2,1-2H3/t25-,26+,27+,28-,29?,30?,31-,40?/m1/s1. The molecule has 3 aromatic carbocycles. The molecule has 3 unspecified atom stereocenters. The second-order valence-electron chi connectivity index (χ2n) is 9.90. The highest BCUT2D eigenvalue weighted by atomic mass is 31.2. The van der Waals surface area contributed by atoms with E-state index in [1.807, 2.05) is 78.9 Å². The summed E-state index contributed by atoms with van der Waals surface area (Å²) in [6.45, 7) is 6.58. The van der Waals surface area contributed by atoms with Gasteiger partial charge in [-0.25, -0.2) is 4.67 Å². The fraction of sp³-hybridized carbons (Fsp3) is 0.419. The molecule has 212 valence electrons. The second kappa shape index (κ2) is 13.2. The molecule has 0 spiro atoms. The van der Waals surface area contributed by atoms with Crippen LogP contribution in [0.2, 0.25) is 0 Å². The number of fused-ring (bicyclic) bond motifs is 3. The normalized spacial score (nSPS) is 30.2. The van der Waals surface area contributed by atoms with Crippen molar-refractivity contribution in [3.63, 3.8) is 0 Å². The molecule has 0 amide bonds. The molecule has 3 aliphatic rings. The molecule has 0 radical (unpaired) electrons. The first-order valence-electron chi connectivity index (χ1n) is 14.0. The molecule has 0 saturated carbocycles. The van der Waals surface area contributed by atoms with Crippen molar-refractivity contribution in [2.45, 2.75) is 63.7 Å². The van der Waals surface area contributed by atoms with Gasteiger partial charge < -0.3 is 32.7 Å². The lowest BCUT2D eigenvalue weighted by Crippen LogP contribution is -2.56. The van der Waals surface area contributed by atoms with Crippen LogP contribution in [0, 0.1) is 0 Å². The third-order valence-corrected chi connectivity index (χ3v) is 9.08. The fourth-order valence-corrected chi connectivity index (χ4v) is 6.63. The molecule has 0 aliphatic carbocycles. The highest BCUT2D eigenvalue weighted by molar-refractivity contribution is 7.44. The third-order valence-electron chi connectivity index (χ3n) is 7.33. The summed E-state index contributed by atoms with van der Waals surface area (Å²) < 4.78 is 47.0. The molecule has 0 aromatic heterocycles.